The molecule has 1 atom stereocenters. The SMILES string of the molecule is Cc1ccc(NC(=O)C2CCCN(C(=O)c3cccc4c(=O)c(C)c(-c5ccccc5)oc34)C2)nc1. The van der Waals surface area contributed by atoms with Crippen molar-refractivity contribution in [3.05, 3.63) is 93.8 Å². The smallest absolute Gasteiger partial charge is 0.257 e. The molecule has 1 N–H and O–H groups in total. The maximum absolute atomic E-state index is 13.6. The van der Waals surface area contributed by atoms with Crippen LogP contribution >= 0.6 is 0 Å². The van der Waals surface area contributed by atoms with Crippen LogP contribution in [0.25, 0.3) is 22.3 Å². The van der Waals surface area contributed by atoms with Crippen LogP contribution in [-0.2, 0) is 4.79 Å². The summed E-state index contributed by atoms with van der Waals surface area (Å²) in [5, 5.41) is 3.23. The number of para-hydroxylation sites is 1. The van der Waals surface area contributed by atoms with Crippen LogP contribution in [0.2, 0.25) is 0 Å². The van der Waals surface area contributed by atoms with E-state index in [-0.39, 0.29) is 35.3 Å². The summed E-state index contributed by atoms with van der Waals surface area (Å²) in [7, 11) is 0. The van der Waals surface area contributed by atoms with Gasteiger partial charge in [-0.15, -0.1) is 0 Å². The molecule has 4 aromatic rings. The Hall–Kier alpha value is -4.26. The first-order valence-corrected chi connectivity index (χ1v) is 12.1. The quantitative estimate of drug-likeness (QED) is 0.445. The van der Waals surface area contributed by atoms with Gasteiger partial charge in [-0.3, -0.25) is 14.4 Å². The predicted octanol–water partition coefficient (Wildman–Crippen LogP) is 4.96. The van der Waals surface area contributed by atoms with Gasteiger partial charge >= 0.3 is 0 Å². The van der Waals surface area contributed by atoms with Gasteiger partial charge in [0.2, 0.25) is 5.91 Å². The summed E-state index contributed by atoms with van der Waals surface area (Å²) in [5.41, 5.74) is 2.71. The Morgan fingerprint density at radius 1 is 1.03 bits per heavy atom. The van der Waals surface area contributed by atoms with E-state index in [0.717, 1.165) is 11.1 Å². The second-order valence-corrected chi connectivity index (χ2v) is 9.23. The Labute approximate surface area is 208 Å². The van der Waals surface area contributed by atoms with Crippen molar-refractivity contribution in [2.45, 2.75) is 26.7 Å². The van der Waals surface area contributed by atoms with E-state index in [1.807, 2.05) is 43.3 Å². The average Bonchev–Trinajstić information content (AvgIpc) is 2.92. The molecule has 1 saturated heterocycles. The number of likely N-dealkylation sites (tertiary alicyclic amines) is 1. The number of carbonyl (C=O) groups excluding carboxylic acids is 2. The number of amides is 2. The van der Waals surface area contributed by atoms with Gasteiger partial charge in [0.05, 0.1) is 16.9 Å². The van der Waals surface area contributed by atoms with E-state index in [0.29, 0.717) is 47.5 Å². The number of aromatic nitrogens is 1. The Bertz CT molecular complexity index is 1490. The number of nitrogens with one attached hydrogen (secondary N) is 1. The molecule has 1 unspecified atom stereocenters. The first-order valence-electron chi connectivity index (χ1n) is 12.1. The highest BCUT2D eigenvalue weighted by molar-refractivity contribution is 6.05. The molecular formula is C29H27N3O4. The number of hydrogen-bond acceptors (Lipinski definition) is 5. The third kappa shape index (κ3) is 4.52. The lowest BCUT2D eigenvalue weighted by Gasteiger charge is -2.32. The third-order valence-corrected chi connectivity index (χ3v) is 6.65. The molecule has 0 radical (unpaired) electrons. The number of rotatable bonds is 4. The van der Waals surface area contributed by atoms with Crippen LogP contribution < -0.4 is 10.7 Å². The molecule has 3 heterocycles. The molecule has 182 valence electrons. The lowest BCUT2D eigenvalue weighted by atomic mass is 9.96. The number of piperidine rings is 1. The molecule has 2 aromatic heterocycles. The molecule has 7 nitrogen and oxygen atoms in total. The van der Waals surface area contributed by atoms with Gasteiger partial charge in [0.15, 0.2) is 11.0 Å². The van der Waals surface area contributed by atoms with Crippen LogP contribution in [0.15, 0.2) is 76.1 Å². The molecule has 2 amide bonds. The minimum atomic E-state index is -0.352. The van der Waals surface area contributed by atoms with Crippen molar-refractivity contribution in [2.24, 2.45) is 5.92 Å². The number of nitrogens with zero attached hydrogens (tertiary/aromatic N) is 2. The van der Waals surface area contributed by atoms with Gasteiger partial charge in [0.25, 0.3) is 5.91 Å². The van der Waals surface area contributed by atoms with Crippen molar-refractivity contribution in [1.29, 1.82) is 0 Å². The standard InChI is InChI=1S/C29H27N3O4/c1-18-13-14-24(30-16-18)31-28(34)21-10-7-15-32(17-21)29(35)23-12-6-11-22-25(33)19(2)26(36-27(22)23)20-8-4-3-5-9-20/h3-6,8-9,11-14,16,21H,7,10,15,17H2,1-2H3,(H,30,31,34). The first kappa shape index (κ1) is 23.5. The fraction of sp³-hybridized carbons (Fsp3) is 0.241. The van der Waals surface area contributed by atoms with Crippen LogP contribution in [0.5, 0.6) is 0 Å². The second kappa shape index (κ2) is 9.77. The lowest BCUT2D eigenvalue weighted by molar-refractivity contribution is -0.121. The summed E-state index contributed by atoms with van der Waals surface area (Å²) in [6, 6.07) is 18.1. The molecule has 0 aliphatic carbocycles. The highest BCUT2D eigenvalue weighted by Crippen LogP contribution is 2.29. The number of anilines is 1. The summed E-state index contributed by atoms with van der Waals surface area (Å²) in [6.07, 6.45) is 3.09. The van der Waals surface area contributed by atoms with Crippen molar-refractivity contribution in [3.8, 4) is 11.3 Å². The molecule has 0 spiro atoms. The Kier molecular flexibility index (Phi) is 6.38. The lowest BCUT2D eigenvalue weighted by Crippen LogP contribution is -2.44. The molecule has 1 aliphatic rings. The van der Waals surface area contributed by atoms with Crippen LogP contribution in [0.3, 0.4) is 0 Å². The molecule has 36 heavy (non-hydrogen) atoms. The predicted molar refractivity (Wildman–Crippen MR) is 139 cm³/mol. The number of fused-ring (bicyclic) bond motifs is 1. The molecular weight excluding hydrogens is 454 g/mol. The van der Waals surface area contributed by atoms with E-state index < -0.39 is 0 Å². The number of benzene rings is 2. The van der Waals surface area contributed by atoms with Crippen molar-refractivity contribution < 1.29 is 14.0 Å². The monoisotopic (exact) mass is 481 g/mol. The van der Waals surface area contributed by atoms with Gasteiger partial charge in [-0.2, -0.15) is 0 Å². The van der Waals surface area contributed by atoms with Crippen molar-refractivity contribution in [1.82, 2.24) is 9.88 Å². The number of hydrogen-bond donors (Lipinski definition) is 1. The number of aryl methyl sites for hydroxylation is 1. The summed E-state index contributed by atoms with van der Waals surface area (Å²) in [4.78, 5) is 45.6. The van der Waals surface area contributed by atoms with Gasteiger partial charge in [-0.25, -0.2) is 4.98 Å². The molecule has 5 rings (SSSR count). The second-order valence-electron chi connectivity index (χ2n) is 9.23. The Morgan fingerprint density at radius 3 is 2.58 bits per heavy atom. The van der Waals surface area contributed by atoms with Gasteiger partial charge in [0.1, 0.15) is 11.6 Å². The van der Waals surface area contributed by atoms with Gasteiger partial charge in [-0.1, -0.05) is 42.5 Å². The molecule has 1 fully saturated rings. The van der Waals surface area contributed by atoms with Gasteiger partial charge in [0, 0.05) is 30.4 Å². The van der Waals surface area contributed by atoms with E-state index in [2.05, 4.69) is 10.3 Å². The fourth-order valence-corrected chi connectivity index (χ4v) is 4.66. The summed E-state index contributed by atoms with van der Waals surface area (Å²) >= 11 is 0. The molecule has 1 aliphatic heterocycles. The van der Waals surface area contributed by atoms with Crippen LogP contribution in [0, 0.1) is 19.8 Å². The minimum Gasteiger partial charge on any atom is -0.455 e. The van der Waals surface area contributed by atoms with E-state index in [9.17, 15) is 14.4 Å². The zero-order valence-electron chi connectivity index (χ0n) is 20.3. The number of pyridine rings is 1. The third-order valence-electron chi connectivity index (χ3n) is 6.65. The molecule has 0 saturated carbocycles. The van der Waals surface area contributed by atoms with E-state index >= 15 is 0 Å². The van der Waals surface area contributed by atoms with Crippen LogP contribution in [0.1, 0.15) is 34.3 Å². The fourth-order valence-electron chi connectivity index (χ4n) is 4.66. The normalized spacial score (nSPS) is 15.6. The average molecular weight is 482 g/mol. The zero-order chi connectivity index (χ0) is 25.2. The van der Waals surface area contributed by atoms with E-state index in [1.165, 1.54) is 0 Å². The van der Waals surface area contributed by atoms with Gasteiger partial charge in [-0.05, 0) is 50.5 Å². The first-order chi connectivity index (χ1) is 17.4. The van der Waals surface area contributed by atoms with E-state index in [1.54, 1.807) is 42.3 Å². The number of carbonyl (C=O) groups is 2. The highest BCUT2D eigenvalue weighted by Gasteiger charge is 2.30. The highest BCUT2D eigenvalue weighted by atomic mass is 16.3. The summed E-state index contributed by atoms with van der Waals surface area (Å²) in [5.74, 6) is 0.186. The maximum Gasteiger partial charge on any atom is 0.257 e. The topological polar surface area (TPSA) is 92.5 Å². The minimum absolute atomic E-state index is 0.157. The molecule has 2 aromatic carbocycles. The molecule has 7 heteroatoms. The Balaban J connectivity index is 1.44. The summed E-state index contributed by atoms with van der Waals surface area (Å²) in [6.45, 7) is 4.49. The van der Waals surface area contributed by atoms with Gasteiger partial charge < -0.3 is 14.6 Å². The Morgan fingerprint density at radius 2 is 1.83 bits per heavy atom. The zero-order valence-corrected chi connectivity index (χ0v) is 20.3. The van der Waals surface area contributed by atoms with Crippen molar-refractivity contribution in [2.75, 3.05) is 18.4 Å². The summed E-state index contributed by atoms with van der Waals surface area (Å²) < 4.78 is 6.23. The van der Waals surface area contributed by atoms with Crippen molar-refractivity contribution >= 4 is 28.6 Å². The maximum atomic E-state index is 13.6. The van der Waals surface area contributed by atoms with Crippen molar-refractivity contribution in [3.63, 3.8) is 0 Å². The van der Waals surface area contributed by atoms with Crippen LogP contribution in [0.4, 0.5) is 5.82 Å². The van der Waals surface area contributed by atoms with Crippen LogP contribution in [-0.4, -0.2) is 34.8 Å². The largest absolute Gasteiger partial charge is 0.455 e. The van der Waals surface area contributed by atoms with E-state index in [4.69, 9.17) is 4.42 Å². The molecule has 0 bridgehead atoms.